The molecular formula is C14H16N2O3. The molecule has 0 fully saturated rings. The maximum Gasteiger partial charge on any atom is 0.307 e. The van der Waals surface area contributed by atoms with Gasteiger partial charge >= 0.3 is 5.97 Å². The van der Waals surface area contributed by atoms with Crippen LogP contribution in [0.4, 0.5) is 5.82 Å². The summed E-state index contributed by atoms with van der Waals surface area (Å²) >= 11 is 0. The van der Waals surface area contributed by atoms with Crippen LogP contribution in [0.15, 0.2) is 30.4 Å². The van der Waals surface area contributed by atoms with Crippen molar-refractivity contribution in [1.29, 1.82) is 0 Å². The van der Waals surface area contributed by atoms with Crippen molar-refractivity contribution < 1.29 is 14.7 Å². The molecule has 0 aromatic carbocycles. The third-order valence-corrected chi connectivity index (χ3v) is 3.23. The Bertz CT molecular complexity index is 525. The van der Waals surface area contributed by atoms with Crippen LogP contribution in [-0.4, -0.2) is 22.0 Å². The molecule has 5 nitrogen and oxygen atoms in total. The number of allylic oxidation sites excluding steroid dienone is 2. The molecular weight excluding hydrogens is 244 g/mol. The Hall–Kier alpha value is -2.17. The van der Waals surface area contributed by atoms with Gasteiger partial charge in [-0.25, -0.2) is 4.98 Å². The molecule has 2 unspecified atom stereocenters. The van der Waals surface area contributed by atoms with Crippen LogP contribution in [0, 0.1) is 18.8 Å². The lowest BCUT2D eigenvalue weighted by Gasteiger charge is -2.24. The number of anilines is 1. The van der Waals surface area contributed by atoms with Crippen molar-refractivity contribution in [3.8, 4) is 0 Å². The molecule has 1 aliphatic rings. The van der Waals surface area contributed by atoms with Crippen LogP contribution in [0.25, 0.3) is 0 Å². The van der Waals surface area contributed by atoms with E-state index >= 15 is 0 Å². The van der Waals surface area contributed by atoms with E-state index in [0.717, 1.165) is 5.69 Å². The number of pyridine rings is 1. The molecule has 0 radical (unpaired) electrons. The van der Waals surface area contributed by atoms with E-state index in [1.165, 1.54) is 0 Å². The minimum absolute atomic E-state index is 0.283. The Labute approximate surface area is 111 Å². The van der Waals surface area contributed by atoms with Gasteiger partial charge in [-0.05, 0) is 31.9 Å². The molecule has 0 aliphatic heterocycles. The van der Waals surface area contributed by atoms with Crippen molar-refractivity contribution in [1.82, 2.24) is 4.98 Å². The zero-order valence-electron chi connectivity index (χ0n) is 10.7. The van der Waals surface area contributed by atoms with E-state index in [2.05, 4.69) is 10.3 Å². The van der Waals surface area contributed by atoms with E-state index in [4.69, 9.17) is 5.11 Å². The molecule has 19 heavy (non-hydrogen) atoms. The van der Waals surface area contributed by atoms with E-state index in [-0.39, 0.29) is 5.91 Å². The predicted molar refractivity (Wildman–Crippen MR) is 70.6 cm³/mol. The highest BCUT2D eigenvalue weighted by molar-refractivity contribution is 5.94. The van der Waals surface area contributed by atoms with E-state index in [1.807, 2.05) is 25.1 Å². The largest absolute Gasteiger partial charge is 0.481 e. The molecule has 100 valence electrons. The van der Waals surface area contributed by atoms with Gasteiger partial charge < -0.3 is 10.4 Å². The molecule has 0 saturated carbocycles. The number of rotatable bonds is 3. The SMILES string of the molecule is Cc1cccc(NC(=O)C2CC=CCC2C(=O)O)n1. The number of aromatic nitrogens is 1. The fourth-order valence-electron chi connectivity index (χ4n) is 2.21. The minimum Gasteiger partial charge on any atom is -0.481 e. The predicted octanol–water partition coefficient (Wildman–Crippen LogP) is 2.00. The quantitative estimate of drug-likeness (QED) is 0.815. The molecule has 1 amide bonds. The smallest absolute Gasteiger partial charge is 0.307 e. The molecule has 0 saturated heterocycles. The Morgan fingerprint density at radius 2 is 1.95 bits per heavy atom. The Kier molecular flexibility index (Phi) is 3.94. The second-order valence-corrected chi connectivity index (χ2v) is 4.65. The Morgan fingerprint density at radius 3 is 2.58 bits per heavy atom. The van der Waals surface area contributed by atoms with E-state index in [0.29, 0.717) is 18.7 Å². The lowest BCUT2D eigenvalue weighted by atomic mass is 9.82. The standard InChI is InChI=1S/C14H16N2O3/c1-9-5-4-8-12(15-9)16-13(17)10-6-2-3-7-11(10)14(18)19/h2-5,8,10-11H,6-7H2,1H3,(H,18,19)(H,15,16,17). The molecule has 1 aromatic heterocycles. The fraction of sp³-hybridized carbons (Fsp3) is 0.357. The van der Waals surface area contributed by atoms with Crippen LogP contribution >= 0.6 is 0 Å². The van der Waals surface area contributed by atoms with Crippen LogP contribution < -0.4 is 5.32 Å². The first-order valence-corrected chi connectivity index (χ1v) is 6.20. The minimum atomic E-state index is -0.929. The summed E-state index contributed by atoms with van der Waals surface area (Å²) in [5.74, 6) is -1.94. The molecule has 2 rings (SSSR count). The first-order chi connectivity index (χ1) is 9.08. The van der Waals surface area contributed by atoms with E-state index in [9.17, 15) is 9.59 Å². The van der Waals surface area contributed by atoms with Crippen molar-refractivity contribution in [2.75, 3.05) is 5.32 Å². The molecule has 1 aliphatic carbocycles. The lowest BCUT2D eigenvalue weighted by molar-refractivity contribution is -0.146. The fourth-order valence-corrected chi connectivity index (χ4v) is 2.21. The maximum atomic E-state index is 12.1. The number of amides is 1. The number of hydrogen-bond donors (Lipinski definition) is 2. The highest BCUT2D eigenvalue weighted by Crippen LogP contribution is 2.27. The average molecular weight is 260 g/mol. The summed E-state index contributed by atoms with van der Waals surface area (Å²) in [6.45, 7) is 1.83. The van der Waals surface area contributed by atoms with Crippen LogP contribution in [0.2, 0.25) is 0 Å². The van der Waals surface area contributed by atoms with Crippen LogP contribution in [0.3, 0.4) is 0 Å². The van der Waals surface area contributed by atoms with Gasteiger partial charge in [0.25, 0.3) is 0 Å². The highest BCUT2D eigenvalue weighted by atomic mass is 16.4. The van der Waals surface area contributed by atoms with Gasteiger partial charge in [0.2, 0.25) is 5.91 Å². The third kappa shape index (κ3) is 3.19. The first kappa shape index (κ1) is 13.3. The van der Waals surface area contributed by atoms with Gasteiger partial charge in [-0.15, -0.1) is 0 Å². The molecule has 2 N–H and O–H groups in total. The second kappa shape index (κ2) is 5.65. The summed E-state index contributed by atoms with van der Waals surface area (Å²) in [7, 11) is 0. The highest BCUT2D eigenvalue weighted by Gasteiger charge is 2.34. The van der Waals surface area contributed by atoms with Gasteiger partial charge in [0.15, 0.2) is 0 Å². The summed E-state index contributed by atoms with van der Waals surface area (Å²) in [6.07, 6.45) is 4.52. The number of nitrogens with zero attached hydrogens (tertiary/aromatic N) is 1. The zero-order valence-corrected chi connectivity index (χ0v) is 10.7. The average Bonchev–Trinajstić information content (AvgIpc) is 2.38. The number of aryl methyl sites for hydroxylation is 1. The first-order valence-electron chi connectivity index (χ1n) is 6.20. The van der Waals surface area contributed by atoms with Gasteiger partial charge in [-0.1, -0.05) is 18.2 Å². The summed E-state index contributed by atoms with van der Waals surface area (Å²) in [5, 5.41) is 11.8. The third-order valence-electron chi connectivity index (χ3n) is 3.23. The molecule has 5 heteroatoms. The van der Waals surface area contributed by atoms with Crippen molar-refractivity contribution in [3.63, 3.8) is 0 Å². The summed E-state index contributed by atoms with van der Waals surface area (Å²) < 4.78 is 0. The number of carboxylic acids is 1. The van der Waals surface area contributed by atoms with E-state index < -0.39 is 17.8 Å². The molecule has 1 heterocycles. The molecule has 2 atom stereocenters. The van der Waals surface area contributed by atoms with Gasteiger partial charge in [-0.2, -0.15) is 0 Å². The van der Waals surface area contributed by atoms with Gasteiger partial charge in [0.1, 0.15) is 5.82 Å². The number of hydrogen-bond acceptors (Lipinski definition) is 3. The number of nitrogens with one attached hydrogen (secondary N) is 1. The number of carboxylic acid groups (broad SMARTS) is 1. The Morgan fingerprint density at radius 1 is 1.26 bits per heavy atom. The maximum absolute atomic E-state index is 12.1. The summed E-state index contributed by atoms with van der Waals surface area (Å²) in [5.41, 5.74) is 0.802. The van der Waals surface area contributed by atoms with Gasteiger partial charge in [0, 0.05) is 5.69 Å². The van der Waals surface area contributed by atoms with Crippen molar-refractivity contribution in [2.24, 2.45) is 11.8 Å². The van der Waals surface area contributed by atoms with E-state index in [1.54, 1.807) is 12.1 Å². The molecule has 0 spiro atoms. The van der Waals surface area contributed by atoms with Gasteiger partial charge in [-0.3, -0.25) is 9.59 Å². The topological polar surface area (TPSA) is 79.3 Å². The number of aliphatic carboxylic acids is 1. The second-order valence-electron chi connectivity index (χ2n) is 4.65. The molecule has 0 bridgehead atoms. The van der Waals surface area contributed by atoms with Gasteiger partial charge in [0.05, 0.1) is 11.8 Å². The normalized spacial score (nSPS) is 21.9. The summed E-state index contributed by atoms with van der Waals surface area (Å²) in [6, 6.07) is 5.33. The van der Waals surface area contributed by atoms with Crippen LogP contribution in [0.5, 0.6) is 0 Å². The number of carbonyl (C=O) groups excluding carboxylic acids is 1. The number of carbonyl (C=O) groups is 2. The van der Waals surface area contributed by atoms with Crippen molar-refractivity contribution >= 4 is 17.7 Å². The van der Waals surface area contributed by atoms with Crippen molar-refractivity contribution in [2.45, 2.75) is 19.8 Å². The summed E-state index contributed by atoms with van der Waals surface area (Å²) in [4.78, 5) is 27.5. The monoisotopic (exact) mass is 260 g/mol. The van der Waals surface area contributed by atoms with Crippen LogP contribution in [0.1, 0.15) is 18.5 Å². The zero-order chi connectivity index (χ0) is 13.8. The lowest BCUT2D eigenvalue weighted by Crippen LogP contribution is -2.34. The van der Waals surface area contributed by atoms with Crippen LogP contribution in [-0.2, 0) is 9.59 Å². The molecule has 1 aromatic rings. The van der Waals surface area contributed by atoms with Crippen molar-refractivity contribution in [3.05, 3.63) is 36.0 Å². The Balaban J connectivity index is 2.10.